The lowest BCUT2D eigenvalue weighted by molar-refractivity contribution is -0.136. The van der Waals surface area contributed by atoms with Crippen molar-refractivity contribution < 1.29 is 18.3 Å². The molecule has 0 bridgehead atoms. The Kier molecular flexibility index (Phi) is 4.59. The molecule has 0 saturated heterocycles. The molecule has 2 N–H and O–H groups in total. The summed E-state index contributed by atoms with van der Waals surface area (Å²) in [5.74, 6) is -1.55. The van der Waals surface area contributed by atoms with Crippen molar-refractivity contribution in [3.8, 4) is 0 Å². The van der Waals surface area contributed by atoms with Crippen LogP contribution in [0.4, 0.5) is 0 Å². The number of nitrogens with zero attached hydrogens (tertiary/aromatic N) is 1. The standard InChI is InChI=1S/C10H14N2O4S/c1-8(9-2-5-11-6-3-9)12-17(15,16)7-4-10(13)14/h2-3,5-6,8,12H,4,7H2,1H3,(H,13,14). The molecule has 0 aromatic carbocycles. The van der Waals surface area contributed by atoms with Crippen LogP contribution in [0.1, 0.15) is 24.9 Å². The van der Waals surface area contributed by atoms with Crippen LogP contribution >= 0.6 is 0 Å². The lowest BCUT2D eigenvalue weighted by Gasteiger charge is -2.13. The fourth-order valence-electron chi connectivity index (χ4n) is 1.27. The van der Waals surface area contributed by atoms with Crippen LogP contribution in [-0.4, -0.2) is 30.2 Å². The summed E-state index contributed by atoms with van der Waals surface area (Å²) in [6, 6.07) is 2.99. The molecular weight excluding hydrogens is 244 g/mol. The predicted octanol–water partition coefficient (Wildman–Crippen LogP) is 0.537. The van der Waals surface area contributed by atoms with E-state index in [0.717, 1.165) is 5.56 Å². The van der Waals surface area contributed by atoms with E-state index in [1.807, 2.05) is 0 Å². The predicted molar refractivity (Wildman–Crippen MR) is 61.8 cm³/mol. The summed E-state index contributed by atoms with van der Waals surface area (Å²) in [6.45, 7) is 1.69. The maximum atomic E-state index is 11.5. The Labute approximate surface area is 99.7 Å². The summed E-state index contributed by atoms with van der Waals surface area (Å²) in [5, 5.41) is 8.43. The second-order valence-corrected chi connectivity index (χ2v) is 5.46. The van der Waals surface area contributed by atoms with E-state index >= 15 is 0 Å². The zero-order chi connectivity index (χ0) is 12.9. The minimum absolute atomic E-state index is 0.404. The summed E-state index contributed by atoms with van der Waals surface area (Å²) in [5.41, 5.74) is 0.777. The maximum absolute atomic E-state index is 11.5. The monoisotopic (exact) mass is 258 g/mol. The second-order valence-electron chi connectivity index (χ2n) is 3.58. The molecule has 1 atom stereocenters. The molecule has 1 unspecified atom stereocenters. The van der Waals surface area contributed by atoms with Gasteiger partial charge in [0.15, 0.2) is 0 Å². The summed E-state index contributed by atoms with van der Waals surface area (Å²) in [7, 11) is -3.58. The van der Waals surface area contributed by atoms with Crippen molar-refractivity contribution in [2.75, 3.05) is 5.75 Å². The smallest absolute Gasteiger partial charge is 0.304 e. The molecule has 0 radical (unpaired) electrons. The highest BCUT2D eigenvalue weighted by molar-refractivity contribution is 7.89. The molecule has 0 amide bonds. The maximum Gasteiger partial charge on any atom is 0.304 e. The van der Waals surface area contributed by atoms with E-state index in [4.69, 9.17) is 5.11 Å². The minimum Gasteiger partial charge on any atom is -0.481 e. The van der Waals surface area contributed by atoms with Crippen molar-refractivity contribution in [3.05, 3.63) is 30.1 Å². The number of nitrogens with one attached hydrogen (secondary N) is 1. The summed E-state index contributed by atoms with van der Waals surface area (Å²) in [4.78, 5) is 14.1. The largest absolute Gasteiger partial charge is 0.481 e. The van der Waals surface area contributed by atoms with Gasteiger partial charge in [0.1, 0.15) is 0 Å². The van der Waals surface area contributed by atoms with E-state index in [9.17, 15) is 13.2 Å². The molecule has 94 valence electrons. The van der Waals surface area contributed by atoms with E-state index in [-0.39, 0.29) is 0 Å². The number of carbonyl (C=O) groups is 1. The molecule has 7 heteroatoms. The lowest BCUT2D eigenvalue weighted by atomic mass is 10.1. The average Bonchev–Trinajstić information content (AvgIpc) is 2.27. The first kappa shape index (κ1) is 13.6. The van der Waals surface area contributed by atoms with E-state index < -0.39 is 34.2 Å². The number of aromatic nitrogens is 1. The molecule has 0 spiro atoms. The van der Waals surface area contributed by atoms with Crippen LogP contribution in [0.2, 0.25) is 0 Å². The highest BCUT2D eigenvalue weighted by atomic mass is 32.2. The summed E-state index contributed by atoms with van der Waals surface area (Å²) in [6.07, 6.45) is 2.73. The van der Waals surface area contributed by atoms with E-state index in [2.05, 4.69) is 9.71 Å². The third-order valence-electron chi connectivity index (χ3n) is 2.15. The van der Waals surface area contributed by atoms with E-state index in [1.54, 1.807) is 31.5 Å². The Bertz CT molecular complexity index is 472. The van der Waals surface area contributed by atoms with E-state index in [1.165, 1.54) is 0 Å². The van der Waals surface area contributed by atoms with Gasteiger partial charge in [0.2, 0.25) is 10.0 Å². The van der Waals surface area contributed by atoms with Gasteiger partial charge >= 0.3 is 5.97 Å². The van der Waals surface area contributed by atoms with Crippen LogP contribution in [0.15, 0.2) is 24.5 Å². The third kappa shape index (κ3) is 4.92. The van der Waals surface area contributed by atoms with Crippen molar-refractivity contribution in [3.63, 3.8) is 0 Å². The van der Waals surface area contributed by atoms with Crippen LogP contribution in [0.25, 0.3) is 0 Å². The van der Waals surface area contributed by atoms with Crippen molar-refractivity contribution in [2.45, 2.75) is 19.4 Å². The molecular formula is C10H14N2O4S. The number of sulfonamides is 1. The van der Waals surface area contributed by atoms with Crippen molar-refractivity contribution in [1.29, 1.82) is 0 Å². The van der Waals surface area contributed by atoms with Crippen LogP contribution < -0.4 is 4.72 Å². The lowest BCUT2D eigenvalue weighted by Crippen LogP contribution is -2.30. The zero-order valence-corrected chi connectivity index (χ0v) is 10.1. The molecule has 0 aliphatic carbocycles. The van der Waals surface area contributed by atoms with Gasteiger partial charge in [0.05, 0.1) is 12.2 Å². The first-order chi connectivity index (χ1) is 7.91. The van der Waals surface area contributed by atoms with Crippen LogP contribution in [0.5, 0.6) is 0 Å². The first-order valence-corrected chi connectivity index (χ1v) is 6.67. The Morgan fingerprint density at radius 1 is 1.47 bits per heavy atom. The molecule has 0 fully saturated rings. The van der Waals surface area contributed by atoms with Gasteiger partial charge in [-0.3, -0.25) is 9.78 Å². The average molecular weight is 258 g/mol. The number of aliphatic carboxylic acids is 1. The van der Waals surface area contributed by atoms with Crippen LogP contribution in [0, 0.1) is 0 Å². The zero-order valence-electron chi connectivity index (χ0n) is 9.33. The van der Waals surface area contributed by atoms with Crippen LogP contribution in [0.3, 0.4) is 0 Å². The SMILES string of the molecule is CC(NS(=O)(=O)CCC(=O)O)c1ccncc1. The molecule has 1 heterocycles. The normalized spacial score (nSPS) is 13.2. The molecule has 1 rings (SSSR count). The Balaban J connectivity index is 2.62. The molecule has 1 aromatic heterocycles. The quantitative estimate of drug-likeness (QED) is 0.776. The number of hydrogen-bond acceptors (Lipinski definition) is 4. The highest BCUT2D eigenvalue weighted by Crippen LogP contribution is 2.11. The van der Waals surface area contributed by atoms with Crippen molar-refractivity contribution >= 4 is 16.0 Å². The second kappa shape index (κ2) is 5.74. The Morgan fingerprint density at radius 3 is 2.59 bits per heavy atom. The molecule has 0 aliphatic rings. The van der Waals surface area contributed by atoms with E-state index in [0.29, 0.717) is 0 Å². The molecule has 17 heavy (non-hydrogen) atoms. The number of hydrogen-bond donors (Lipinski definition) is 2. The number of carboxylic acid groups (broad SMARTS) is 1. The summed E-state index contributed by atoms with van der Waals surface area (Å²) < 4.78 is 25.5. The third-order valence-corrected chi connectivity index (χ3v) is 3.60. The highest BCUT2D eigenvalue weighted by Gasteiger charge is 2.16. The molecule has 6 nitrogen and oxygen atoms in total. The fraction of sp³-hybridized carbons (Fsp3) is 0.400. The molecule has 0 saturated carbocycles. The van der Waals surface area contributed by atoms with Gasteiger partial charge in [-0.2, -0.15) is 0 Å². The Hall–Kier alpha value is -1.47. The first-order valence-electron chi connectivity index (χ1n) is 5.02. The van der Waals surface area contributed by atoms with Crippen molar-refractivity contribution in [2.24, 2.45) is 0 Å². The minimum atomic E-state index is -3.58. The van der Waals surface area contributed by atoms with Gasteiger partial charge in [-0.05, 0) is 24.6 Å². The van der Waals surface area contributed by atoms with Gasteiger partial charge in [-0.1, -0.05) is 0 Å². The number of rotatable bonds is 6. The van der Waals surface area contributed by atoms with Gasteiger partial charge in [0, 0.05) is 18.4 Å². The number of carboxylic acids is 1. The molecule has 0 aliphatic heterocycles. The van der Waals surface area contributed by atoms with Gasteiger partial charge < -0.3 is 5.11 Å². The topological polar surface area (TPSA) is 96.4 Å². The van der Waals surface area contributed by atoms with Crippen molar-refractivity contribution in [1.82, 2.24) is 9.71 Å². The molecule has 1 aromatic rings. The Morgan fingerprint density at radius 2 is 2.06 bits per heavy atom. The summed E-state index contributed by atoms with van der Waals surface area (Å²) >= 11 is 0. The fourth-order valence-corrected chi connectivity index (χ4v) is 2.51. The van der Waals surface area contributed by atoms with Crippen LogP contribution in [-0.2, 0) is 14.8 Å². The number of pyridine rings is 1. The van der Waals surface area contributed by atoms with Gasteiger partial charge in [-0.15, -0.1) is 0 Å². The van der Waals surface area contributed by atoms with Gasteiger partial charge in [-0.25, -0.2) is 13.1 Å². The van der Waals surface area contributed by atoms with Gasteiger partial charge in [0.25, 0.3) is 0 Å².